The lowest BCUT2D eigenvalue weighted by Crippen LogP contribution is -2.26. The monoisotopic (exact) mass is 455 g/mol. The molecule has 0 fully saturated rings. The number of hydrogen-bond acceptors (Lipinski definition) is 5. The number of nitrogens with zero attached hydrogens (tertiary/aromatic N) is 2. The molecule has 3 aromatic carbocycles. The van der Waals surface area contributed by atoms with E-state index < -0.39 is 15.8 Å². The number of hydrogen-bond donors (Lipinski definition) is 1. The van der Waals surface area contributed by atoms with Crippen molar-refractivity contribution in [1.29, 1.82) is 0 Å². The maximum absolute atomic E-state index is 13.8. The first-order chi connectivity index (χ1) is 14.8. The van der Waals surface area contributed by atoms with Crippen LogP contribution in [0.3, 0.4) is 0 Å². The summed E-state index contributed by atoms with van der Waals surface area (Å²) in [6.07, 6.45) is 0. The molecule has 0 aliphatic heterocycles. The van der Waals surface area contributed by atoms with Crippen LogP contribution in [0.2, 0.25) is 0 Å². The number of sulfonamides is 1. The highest BCUT2D eigenvalue weighted by atomic mass is 32.2. The van der Waals surface area contributed by atoms with Crippen molar-refractivity contribution < 1.29 is 17.6 Å². The van der Waals surface area contributed by atoms with E-state index in [-0.39, 0.29) is 22.1 Å². The van der Waals surface area contributed by atoms with Crippen LogP contribution in [0.15, 0.2) is 77.7 Å². The van der Waals surface area contributed by atoms with Gasteiger partial charge in [0.25, 0.3) is 15.9 Å². The van der Waals surface area contributed by atoms with Gasteiger partial charge in [-0.3, -0.25) is 9.52 Å². The van der Waals surface area contributed by atoms with Crippen LogP contribution in [0.25, 0.3) is 10.2 Å². The van der Waals surface area contributed by atoms with Gasteiger partial charge in [-0.15, -0.1) is 11.3 Å². The lowest BCUT2D eigenvalue weighted by Gasteiger charge is -2.16. The Labute approximate surface area is 183 Å². The Hall–Kier alpha value is -3.30. The SMILES string of the molecule is CN(Cc1nc2ccccc2s1)C(=O)c1cccc(S(=O)(=O)Nc2ccccc2F)c1. The standard InChI is InChI=1S/C22H18FN3O3S2/c1-26(14-21-24-19-11-4-5-12-20(19)30-21)22(27)15-7-6-8-16(13-15)31(28,29)25-18-10-3-2-9-17(18)23/h2-13,25H,14H2,1H3. The topological polar surface area (TPSA) is 79.4 Å². The maximum atomic E-state index is 13.8. The molecule has 0 saturated heterocycles. The van der Waals surface area contributed by atoms with Crippen LogP contribution in [0.4, 0.5) is 10.1 Å². The molecule has 1 amide bonds. The van der Waals surface area contributed by atoms with Gasteiger partial charge in [-0.2, -0.15) is 0 Å². The van der Waals surface area contributed by atoms with Gasteiger partial charge >= 0.3 is 0 Å². The summed E-state index contributed by atoms with van der Waals surface area (Å²) in [6, 6.07) is 18.8. The first-order valence-electron chi connectivity index (χ1n) is 9.31. The molecule has 0 bridgehead atoms. The number of para-hydroxylation sites is 2. The van der Waals surface area contributed by atoms with Gasteiger partial charge < -0.3 is 4.90 Å². The Bertz CT molecular complexity index is 1340. The van der Waals surface area contributed by atoms with Crippen molar-refractivity contribution in [2.75, 3.05) is 11.8 Å². The van der Waals surface area contributed by atoms with Gasteiger partial charge in [0.05, 0.1) is 27.3 Å². The Morgan fingerprint density at radius 1 is 1.06 bits per heavy atom. The molecule has 1 N–H and O–H groups in total. The predicted molar refractivity (Wildman–Crippen MR) is 119 cm³/mol. The Kier molecular flexibility index (Phi) is 5.71. The van der Waals surface area contributed by atoms with Gasteiger partial charge in [-0.05, 0) is 42.5 Å². The lowest BCUT2D eigenvalue weighted by molar-refractivity contribution is 0.0785. The smallest absolute Gasteiger partial charge is 0.262 e. The molecular formula is C22H18FN3O3S2. The Morgan fingerprint density at radius 3 is 2.58 bits per heavy atom. The molecule has 0 aliphatic carbocycles. The summed E-state index contributed by atoms with van der Waals surface area (Å²) in [5.74, 6) is -1.03. The van der Waals surface area contributed by atoms with E-state index >= 15 is 0 Å². The van der Waals surface area contributed by atoms with Crippen LogP contribution in [0.1, 0.15) is 15.4 Å². The number of carbonyl (C=O) groups excluding carboxylic acids is 1. The maximum Gasteiger partial charge on any atom is 0.262 e. The van der Waals surface area contributed by atoms with Gasteiger partial charge in [0.2, 0.25) is 0 Å². The fourth-order valence-electron chi connectivity index (χ4n) is 3.03. The molecule has 1 heterocycles. The Balaban J connectivity index is 1.54. The molecule has 0 unspecified atom stereocenters. The fraction of sp³-hybridized carbons (Fsp3) is 0.0909. The predicted octanol–water partition coefficient (Wildman–Crippen LogP) is 4.51. The number of aromatic nitrogens is 1. The zero-order valence-corrected chi connectivity index (χ0v) is 18.1. The van der Waals surface area contributed by atoms with E-state index in [1.165, 1.54) is 52.6 Å². The summed E-state index contributed by atoms with van der Waals surface area (Å²) in [5.41, 5.74) is 0.919. The van der Waals surface area contributed by atoms with Gasteiger partial charge in [0, 0.05) is 12.6 Å². The number of halogens is 1. The van der Waals surface area contributed by atoms with E-state index in [4.69, 9.17) is 0 Å². The number of rotatable bonds is 6. The normalized spacial score (nSPS) is 11.4. The summed E-state index contributed by atoms with van der Waals surface area (Å²) in [7, 11) is -2.43. The van der Waals surface area contributed by atoms with E-state index in [1.807, 2.05) is 24.3 Å². The molecule has 4 aromatic rings. The van der Waals surface area contributed by atoms with E-state index in [0.29, 0.717) is 6.54 Å². The molecule has 4 rings (SSSR count). The molecule has 9 heteroatoms. The minimum Gasteiger partial charge on any atom is -0.335 e. The number of anilines is 1. The van der Waals surface area contributed by atoms with Gasteiger partial charge in [0.1, 0.15) is 10.8 Å². The zero-order valence-electron chi connectivity index (χ0n) is 16.4. The molecule has 31 heavy (non-hydrogen) atoms. The summed E-state index contributed by atoms with van der Waals surface area (Å²) < 4.78 is 42.4. The van der Waals surface area contributed by atoms with Crippen LogP contribution in [0, 0.1) is 5.82 Å². The Morgan fingerprint density at radius 2 is 1.81 bits per heavy atom. The summed E-state index contributed by atoms with van der Waals surface area (Å²) >= 11 is 1.50. The summed E-state index contributed by atoms with van der Waals surface area (Å²) in [5, 5.41) is 0.780. The number of benzene rings is 3. The third-order valence-electron chi connectivity index (χ3n) is 4.57. The van der Waals surface area contributed by atoms with Crippen LogP contribution in [0.5, 0.6) is 0 Å². The molecule has 6 nitrogen and oxygen atoms in total. The van der Waals surface area contributed by atoms with Crippen molar-refractivity contribution in [1.82, 2.24) is 9.88 Å². The van der Waals surface area contributed by atoms with Crippen LogP contribution in [-0.4, -0.2) is 31.3 Å². The minimum atomic E-state index is -4.06. The second-order valence-corrected chi connectivity index (χ2v) is 9.65. The van der Waals surface area contributed by atoms with Crippen molar-refractivity contribution in [2.45, 2.75) is 11.4 Å². The van der Waals surface area contributed by atoms with Gasteiger partial charge in [-0.1, -0.05) is 30.3 Å². The van der Waals surface area contributed by atoms with Crippen LogP contribution < -0.4 is 4.72 Å². The van der Waals surface area contributed by atoms with E-state index in [9.17, 15) is 17.6 Å². The molecule has 158 valence electrons. The quantitative estimate of drug-likeness (QED) is 0.464. The molecule has 0 aliphatic rings. The summed E-state index contributed by atoms with van der Waals surface area (Å²) in [6.45, 7) is 0.294. The van der Waals surface area contributed by atoms with Crippen molar-refractivity contribution >= 4 is 43.2 Å². The number of nitrogens with one attached hydrogen (secondary N) is 1. The van der Waals surface area contributed by atoms with Gasteiger partial charge in [-0.25, -0.2) is 17.8 Å². The number of carbonyl (C=O) groups is 1. The van der Waals surface area contributed by atoms with E-state index in [0.717, 1.165) is 21.3 Å². The van der Waals surface area contributed by atoms with Crippen molar-refractivity contribution in [3.05, 3.63) is 89.2 Å². The van der Waals surface area contributed by atoms with Crippen molar-refractivity contribution in [3.8, 4) is 0 Å². The molecule has 0 saturated carbocycles. The third kappa shape index (κ3) is 4.57. The highest BCUT2D eigenvalue weighted by Gasteiger charge is 2.20. The average molecular weight is 456 g/mol. The van der Waals surface area contributed by atoms with Crippen LogP contribution in [-0.2, 0) is 16.6 Å². The second kappa shape index (κ2) is 8.44. The average Bonchev–Trinajstić information content (AvgIpc) is 3.17. The number of amides is 1. The summed E-state index contributed by atoms with van der Waals surface area (Å²) in [4.78, 5) is 18.8. The fourth-order valence-corrected chi connectivity index (χ4v) is 5.16. The van der Waals surface area contributed by atoms with Gasteiger partial charge in [0.15, 0.2) is 0 Å². The molecule has 0 radical (unpaired) electrons. The van der Waals surface area contributed by atoms with Crippen molar-refractivity contribution in [2.24, 2.45) is 0 Å². The van der Waals surface area contributed by atoms with E-state index in [1.54, 1.807) is 13.1 Å². The second-order valence-electron chi connectivity index (χ2n) is 6.85. The van der Waals surface area contributed by atoms with Crippen LogP contribution >= 0.6 is 11.3 Å². The minimum absolute atomic E-state index is 0.130. The van der Waals surface area contributed by atoms with Crippen molar-refractivity contribution in [3.63, 3.8) is 0 Å². The van der Waals surface area contributed by atoms with E-state index in [2.05, 4.69) is 9.71 Å². The molecule has 0 spiro atoms. The highest BCUT2D eigenvalue weighted by molar-refractivity contribution is 7.92. The largest absolute Gasteiger partial charge is 0.335 e. The first kappa shape index (κ1) is 21.0. The number of thiazole rings is 1. The highest BCUT2D eigenvalue weighted by Crippen LogP contribution is 2.24. The number of fused-ring (bicyclic) bond motifs is 1. The molecule has 0 atom stereocenters. The molecule has 1 aromatic heterocycles. The third-order valence-corrected chi connectivity index (χ3v) is 6.95. The zero-order chi connectivity index (χ0) is 22.0. The first-order valence-corrected chi connectivity index (χ1v) is 11.6. The lowest BCUT2D eigenvalue weighted by atomic mass is 10.2. The molecular weight excluding hydrogens is 437 g/mol.